The van der Waals surface area contributed by atoms with Gasteiger partial charge in [0, 0.05) is 19.3 Å². The van der Waals surface area contributed by atoms with Gasteiger partial charge in [0.15, 0.2) is 0 Å². The van der Waals surface area contributed by atoms with Crippen LogP contribution in [0.15, 0.2) is 12.4 Å². The molecule has 21 heavy (non-hydrogen) atoms. The second-order valence-corrected chi connectivity index (χ2v) is 6.50. The maximum Gasteiger partial charge on any atom is 0.251 e. The predicted octanol–water partition coefficient (Wildman–Crippen LogP) is 2.17. The van der Waals surface area contributed by atoms with Crippen molar-refractivity contribution in [2.45, 2.75) is 51.7 Å². The van der Waals surface area contributed by atoms with Crippen molar-refractivity contribution in [3.05, 3.63) is 18.0 Å². The van der Waals surface area contributed by atoms with Crippen LogP contribution in [0.25, 0.3) is 0 Å². The van der Waals surface area contributed by atoms with Crippen LogP contribution >= 0.6 is 0 Å². The highest BCUT2D eigenvalue weighted by molar-refractivity contribution is 5.80. The van der Waals surface area contributed by atoms with E-state index in [0.29, 0.717) is 12.0 Å². The molecule has 1 amide bonds. The maximum atomic E-state index is 12.5. The van der Waals surface area contributed by atoms with E-state index in [0.717, 1.165) is 32.5 Å². The number of carbonyl (C=O) groups is 1. The van der Waals surface area contributed by atoms with Gasteiger partial charge < -0.3 is 9.64 Å². The van der Waals surface area contributed by atoms with Crippen molar-refractivity contribution in [3.8, 4) is 0 Å². The molecule has 2 fully saturated rings. The van der Waals surface area contributed by atoms with E-state index < -0.39 is 0 Å². The number of hydrogen-bond acceptors (Lipinski definition) is 3. The van der Waals surface area contributed by atoms with E-state index in [-0.39, 0.29) is 12.0 Å². The van der Waals surface area contributed by atoms with E-state index in [9.17, 15) is 4.79 Å². The Balaban J connectivity index is 1.55. The normalized spacial score (nSPS) is 24.1. The molecule has 1 aliphatic carbocycles. The van der Waals surface area contributed by atoms with E-state index >= 15 is 0 Å². The molecule has 0 N–H and O–H groups in total. The Morgan fingerprint density at radius 3 is 2.95 bits per heavy atom. The molecule has 0 spiro atoms. The smallest absolute Gasteiger partial charge is 0.251 e. The van der Waals surface area contributed by atoms with E-state index in [1.54, 1.807) is 0 Å². The van der Waals surface area contributed by atoms with E-state index in [2.05, 4.69) is 11.3 Å². The molecule has 2 heterocycles. The Morgan fingerprint density at radius 2 is 2.29 bits per heavy atom. The molecule has 0 aromatic carbocycles. The molecule has 2 atom stereocenters. The molecular formula is C16H25N3O2. The van der Waals surface area contributed by atoms with Crippen molar-refractivity contribution in [2.75, 3.05) is 19.7 Å². The van der Waals surface area contributed by atoms with Gasteiger partial charge in [0.05, 0.1) is 18.8 Å². The lowest BCUT2D eigenvalue weighted by Crippen LogP contribution is -2.45. The van der Waals surface area contributed by atoms with Crippen LogP contribution in [0.4, 0.5) is 0 Å². The number of hydrogen-bond donors (Lipinski definition) is 0. The van der Waals surface area contributed by atoms with Gasteiger partial charge in [0.25, 0.3) is 5.91 Å². The standard InChI is InChI=1S/C16H25N3O2/c1-12-8-17-19(9-12)15-4-3-7-18(10-15)16(20)13(2)21-11-14-5-6-14/h8-9,13-15H,3-7,10-11H2,1-2H3/t13-,15-/m0/s1. The van der Waals surface area contributed by atoms with Crippen LogP contribution in [-0.2, 0) is 9.53 Å². The third-order valence-electron chi connectivity index (χ3n) is 4.44. The zero-order valence-corrected chi connectivity index (χ0v) is 13.0. The zero-order valence-electron chi connectivity index (χ0n) is 13.0. The molecule has 0 radical (unpaired) electrons. The summed E-state index contributed by atoms with van der Waals surface area (Å²) < 4.78 is 7.72. The van der Waals surface area contributed by atoms with Crippen LogP contribution in [0.1, 0.15) is 44.2 Å². The summed E-state index contributed by atoms with van der Waals surface area (Å²) >= 11 is 0. The summed E-state index contributed by atoms with van der Waals surface area (Å²) in [6, 6.07) is 0.298. The molecule has 0 bridgehead atoms. The molecule has 1 aliphatic heterocycles. The summed E-state index contributed by atoms with van der Waals surface area (Å²) in [5.74, 6) is 0.825. The highest BCUT2D eigenvalue weighted by Gasteiger charge is 2.30. The van der Waals surface area contributed by atoms with Gasteiger partial charge in [0.1, 0.15) is 6.10 Å². The number of likely N-dealkylation sites (tertiary alicyclic amines) is 1. The number of ether oxygens (including phenoxy) is 1. The Morgan fingerprint density at radius 1 is 1.48 bits per heavy atom. The number of carbonyl (C=O) groups excluding carboxylic acids is 1. The van der Waals surface area contributed by atoms with Gasteiger partial charge in [-0.25, -0.2) is 0 Å². The third-order valence-corrected chi connectivity index (χ3v) is 4.44. The van der Waals surface area contributed by atoms with Gasteiger partial charge in [-0.2, -0.15) is 5.10 Å². The monoisotopic (exact) mass is 291 g/mol. The number of aromatic nitrogens is 2. The van der Waals surface area contributed by atoms with Crippen molar-refractivity contribution >= 4 is 5.91 Å². The minimum absolute atomic E-state index is 0.129. The number of piperidine rings is 1. The van der Waals surface area contributed by atoms with Crippen molar-refractivity contribution in [3.63, 3.8) is 0 Å². The fourth-order valence-corrected chi connectivity index (χ4v) is 2.90. The Labute approximate surface area is 126 Å². The first-order valence-electron chi connectivity index (χ1n) is 8.04. The second kappa shape index (κ2) is 6.18. The molecule has 5 nitrogen and oxygen atoms in total. The van der Waals surface area contributed by atoms with Crippen LogP contribution in [0, 0.1) is 12.8 Å². The molecule has 1 aromatic rings. The summed E-state index contributed by atoms with van der Waals surface area (Å²) in [4.78, 5) is 14.4. The molecule has 0 unspecified atom stereocenters. The number of aryl methyl sites for hydroxylation is 1. The highest BCUT2D eigenvalue weighted by Crippen LogP contribution is 2.29. The van der Waals surface area contributed by atoms with E-state index in [4.69, 9.17) is 4.74 Å². The van der Waals surface area contributed by atoms with Crippen LogP contribution < -0.4 is 0 Å². The van der Waals surface area contributed by atoms with Crippen LogP contribution in [0.2, 0.25) is 0 Å². The summed E-state index contributed by atoms with van der Waals surface area (Å²) in [6.07, 6.45) is 8.25. The topological polar surface area (TPSA) is 47.4 Å². The SMILES string of the molecule is Cc1cnn([C@H]2CCCN(C(=O)[C@H](C)OCC3CC3)C2)c1. The fourth-order valence-electron chi connectivity index (χ4n) is 2.90. The van der Waals surface area contributed by atoms with Gasteiger partial charge in [-0.15, -0.1) is 0 Å². The molecular weight excluding hydrogens is 266 g/mol. The lowest BCUT2D eigenvalue weighted by molar-refractivity contribution is -0.144. The predicted molar refractivity (Wildman–Crippen MR) is 80.0 cm³/mol. The molecule has 5 heteroatoms. The number of amides is 1. The van der Waals surface area contributed by atoms with Crippen molar-refractivity contribution < 1.29 is 9.53 Å². The molecule has 2 aliphatic rings. The lowest BCUT2D eigenvalue weighted by Gasteiger charge is -2.34. The Bertz CT molecular complexity index is 495. The average Bonchev–Trinajstić information content (AvgIpc) is 3.24. The van der Waals surface area contributed by atoms with Gasteiger partial charge in [-0.05, 0) is 51.0 Å². The van der Waals surface area contributed by atoms with E-state index in [1.807, 2.05) is 29.6 Å². The number of rotatable bonds is 5. The van der Waals surface area contributed by atoms with Crippen LogP contribution in [-0.4, -0.2) is 46.4 Å². The first-order valence-corrected chi connectivity index (χ1v) is 8.04. The van der Waals surface area contributed by atoms with E-state index in [1.165, 1.54) is 18.4 Å². The van der Waals surface area contributed by atoms with Crippen molar-refractivity contribution in [1.82, 2.24) is 14.7 Å². The first kappa shape index (κ1) is 14.6. The summed E-state index contributed by atoms with van der Waals surface area (Å²) in [6.45, 7) is 6.25. The van der Waals surface area contributed by atoms with Crippen molar-refractivity contribution in [1.29, 1.82) is 0 Å². The minimum Gasteiger partial charge on any atom is -0.368 e. The van der Waals surface area contributed by atoms with Gasteiger partial charge in [-0.3, -0.25) is 9.48 Å². The van der Waals surface area contributed by atoms with Gasteiger partial charge in [0.2, 0.25) is 0 Å². The molecule has 1 aromatic heterocycles. The quantitative estimate of drug-likeness (QED) is 0.835. The average molecular weight is 291 g/mol. The maximum absolute atomic E-state index is 12.5. The lowest BCUT2D eigenvalue weighted by atomic mass is 10.1. The molecule has 116 valence electrons. The second-order valence-electron chi connectivity index (χ2n) is 6.50. The van der Waals surface area contributed by atoms with Gasteiger partial charge >= 0.3 is 0 Å². The minimum atomic E-state index is -0.316. The van der Waals surface area contributed by atoms with Crippen LogP contribution in [0.3, 0.4) is 0 Å². The zero-order chi connectivity index (χ0) is 14.8. The number of nitrogens with zero attached hydrogens (tertiary/aromatic N) is 3. The molecule has 1 saturated carbocycles. The highest BCUT2D eigenvalue weighted by atomic mass is 16.5. The Kier molecular flexibility index (Phi) is 4.29. The third kappa shape index (κ3) is 3.64. The summed E-state index contributed by atoms with van der Waals surface area (Å²) in [5, 5.41) is 4.39. The summed E-state index contributed by atoms with van der Waals surface area (Å²) in [5.41, 5.74) is 1.17. The fraction of sp³-hybridized carbons (Fsp3) is 0.750. The largest absolute Gasteiger partial charge is 0.368 e. The first-order chi connectivity index (χ1) is 10.1. The summed E-state index contributed by atoms with van der Waals surface area (Å²) in [7, 11) is 0. The van der Waals surface area contributed by atoms with Gasteiger partial charge in [-0.1, -0.05) is 0 Å². The molecule has 3 rings (SSSR count). The molecule has 1 saturated heterocycles. The Hall–Kier alpha value is -1.36. The van der Waals surface area contributed by atoms with Crippen molar-refractivity contribution in [2.24, 2.45) is 5.92 Å². The van der Waals surface area contributed by atoms with Crippen LogP contribution in [0.5, 0.6) is 0 Å².